The highest BCUT2D eigenvalue weighted by Gasteiger charge is 2.34. The van der Waals surface area contributed by atoms with Gasteiger partial charge in [0.05, 0.1) is 10.6 Å². The summed E-state index contributed by atoms with van der Waals surface area (Å²) in [4.78, 5) is 27.6. The maximum Gasteiger partial charge on any atom is 0.264 e. The number of fused-ring (bicyclic) bond motifs is 1. The van der Waals surface area contributed by atoms with Crippen molar-refractivity contribution in [1.82, 2.24) is 10.2 Å². The molecular weight excluding hydrogens is 544 g/mol. The molecule has 1 aliphatic rings. The molecule has 1 aliphatic heterocycles. The molecule has 3 aromatic carbocycles. The van der Waals surface area contributed by atoms with Crippen LogP contribution in [0.2, 0.25) is 0 Å². The van der Waals surface area contributed by atoms with Crippen molar-refractivity contribution in [3.63, 3.8) is 0 Å². The lowest BCUT2D eigenvalue weighted by atomic mass is 10.1. The molecule has 0 aromatic heterocycles. The first-order chi connectivity index (χ1) is 19.1. The van der Waals surface area contributed by atoms with Gasteiger partial charge in [-0.25, -0.2) is 17.2 Å². The zero-order valence-corrected chi connectivity index (χ0v) is 22.8. The first-order valence-electron chi connectivity index (χ1n) is 12.6. The van der Waals surface area contributed by atoms with Gasteiger partial charge < -0.3 is 19.7 Å². The Morgan fingerprint density at radius 3 is 2.12 bits per heavy atom. The molecule has 3 aromatic rings. The summed E-state index contributed by atoms with van der Waals surface area (Å²) in [7, 11) is -2.95. The summed E-state index contributed by atoms with van der Waals surface area (Å²) < 4.78 is 67.0. The van der Waals surface area contributed by atoms with E-state index in [1.165, 1.54) is 66.5 Å². The van der Waals surface area contributed by atoms with E-state index in [0.717, 1.165) is 16.4 Å². The number of hydrogen-bond acceptors (Lipinski definition) is 6. The Morgan fingerprint density at radius 1 is 0.925 bits per heavy atom. The van der Waals surface area contributed by atoms with Gasteiger partial charge in [0.25, 0.3) is 10.0 Å². The number of halogens is 2. The second kappa shape index (κ2) is 12.3. The molecule has 0 aliphatic carbocycles. The highest BCUT2D eigenvalue weighted by atomic mass is 32.2. The number of rotatable bonds is 10. The highest BCUT2D eigenvalue weighted by Crippen LogP contribution is 2.34. The van der Waals surface area contributed by atoms with E-state index in [4.69, 9.17) is 9.47 Å². The quantitative estimate of drug-likeness (QED) is 0.398. The van der Waals surface area contributed by atoms with Gasteiger partial charge in [-0.15, -0.1) is 0 Å². The highest BCUT2D eigenvalue weighted by molar-refractivity contribution is 7.92. The van der Waals surface area contributed by atoms with Crippen LogP contribution in [0.4, 0.5) is 14.5 Å². The molecule has 0 bridgehead atoms. The number of nitrogens with zero attached hydrogens (tertiary/aromatic N) is 2. The van der Waals surface area contributed by atoms with E-state index in [-0.39, 0.29) is 35.9 Å². The monoisotopic (exact) mass is 573 g/mol. The third kappa shape index (κ3) is 6.33. The molecule has 1 N–H and O–H groups in total. The zero-order chi connectivity index (χ0) is 28.9. The molecular formula is C28H29F2N3O6S. The van der Waals surface area contributed by atoms with Gasteiger partial charge in [-0.2, -0.15) is 0 Å². The molecule has 1 atom stereocenters. The molecule has 40 heavy (non-hydrogen) atoms. The molecule has 212 valence electrons. The number of nitrogens with one attached hydrogen (secondary N) is 1. The van der Waals surface area contributed by atoms with E-state index in [1.807, 2.05) is 0 Å². The lowest BCUT2D eigenvalue weighted by Gasteiger charge is -2.33. The van der Waals surface area contributed by atoms with Crippen LogP contribution >= 0.6 is 0 Å². The van der Waals surface area contributed by atoms with Crippen molar-refractivity contribution < 1.29 is 36.3 Å². The number of anilines is 1. The number of sulfonamides is 1. The second-order valence-corrected chi connectivity index (χ2v) is 10.8. The van der Waals surface area contributed by atoms with Crippen molar-refractivity contribution in [2.75, 3.05) is 31.1 Å². The van der Waals surface area contributed by atoms with Crippen LogP contribution in [0.5, 0.6) is 11.5 Å². The van der Waals surface area contributed by atoms with E-state index in [2.05, 4.69) is 5.32 Å². The van der Waals surface area contributed by atoms with E-state index in [0.29, 0.717) is 17.9 Å². The molecule has 0 fully saturated rings. The van der Waals surface area contributed by atoms with Gasteiger partial charge in [-0.3, -0.25) is 13.9 Å². The molecule has 0 radical (unpaired) electrons. The minimum absolute atomic E-state index is 0.0411. The average molecular weight is 574 g/mol. The number of carbonyl (C=O) groups excluding carboxylic acids is 2. The zero-order valence-electron chi connectivity index (χ0n) is 22.0. The van der Waals surface area contributed by atoms with Crippen LogP contribution < -0.4 is 19.1 Å². The standard InChI is InChI=1S/C28H29F2N3O6S/c1-3-24(28(35)31-2)32(17-19-4-6-20(29)7-5-19)27(34)18-33(22-10-8-21(30)9-11-22)40(36,37)23-12-13-25-26(16-23)39-15-14-38-25/h4-13,16,24H,3,14-15,17-18H2,1-2H3,(H,31,35). The Labute approximate surface area is 231 Å². The number of hydrogen-bond donors (Lipinski definition) is 1. The average Bonchev–Trinajstić information content (AvgIpc) is 2.96. The topological polar surface area (TPSA) is 105 Å². The lowest BCUT2D eigenvalue weighted by molar-refractivity contribution is -0.140. The second-order valence-electron chi connectivity index (χ2n) is 8.98. The van der Waals surface area contributed by atoms with Crippen molar-refractivity contribution in [3.8, 4) is 11.5 Å². The third-order valence-corrected chi connectivity index (χ3v) is 8.16. The van der Waals surface area contributed by atoms with Gasteiger partial charge in [0, 0.05) is 19.7 Å². The Bertz CT molecular complexity index is 1470. The molecule has 12 heteroatoms. The summed E-state index contributed by atoms with van der Waals surface area (Å²) in [5.74, 6) is -1.56. The number of benzene rings is 3. The lowest BCUT2D eigenvalue weighted by Crippen LogP contribution is -2.51. The third-order valence-electron chi connectivity index (χ3n) is 6.39. The van der Waals surface area contributed by atoms with Crippen LogP contribution in [-0.4, -0.2) is 58.0 Å². The fraction of sp³-hybridized carbons (Fsp3) is 0.286. The summed E-state index contributed by atoms with van der Waals surface area (Å²) in [6.07, 6.45) is 0.234. The first kappa shape index (κ1) is 28.8. The van der Waals surface area contributed by atoms with Gasteiger partial charge in [0.1, 0.15) is 37.4 Å². The van der Waals surface area contributed by atoms with E-state index in [1.54, 1.807) is 6.92 Å². The van der Waals surface area contributed by atoms with Crippen molar-refractivity contribution in [3.05, 3.63) is 83.9 Å². The summed E-state index contributed by atoms with van der Waals surface area (Å²) >= 11 is 0. The van der Waals surface area contributed by atoms with Crippen LogP contribution in [-0.2, 0) is 26.2 Å². The van der Waals surface area contributed by atoms with Crippen LogP contribution in [0.15, 0.2) is 71.6 Å². The minimum atomic E-state index is -4.39. The predicted molar refractivity (Wildman–Crippen MR) is 143 cm³/mol. The summed E-state index contributed by atoms with van der Waals surface area (Å²) in [6.45, 7) is 1.51. The number of carbonyl (C=O) groups is 2. The Balaban J connectivity index is 1.74. The van der Waals surface area contributed by atoms with Crippen molar-refractivity contribution >= 4 is 27.5 Å². The Kier molecular flexibility index (Phi) is 8.88. The molecule has 0 saturated heterocycles. The van der Waals surface area contributed by atoms with Crippen LogP contribution in [0.3, 0.4) is 0 Å². The van der Waals surface area contributed by atoms with Gasteiger partial charge in [-0.05, 0) is 60.5 Å². The Hall–Kier alpha value is -4.19. The van der Waals surface area contributed by atoms with E-state index < -0.39 is 46.1 Å². The molecule has 0 saturated carbocycles. The fourth-order valence-corrected chi connectivity index (χ4v) is 5.75. The smallest absolute Gasteiger partial charge is 0.264 e. The first-order valence-corrected chi connectivity index (χ1v) is 14.0. The largest absolute Gasteiger partial charge is 0.486 e. The molecule has 4 rings (SSSR count). The number of ether oxygens (including phenoxy) is 2. The summed E-state index contributed by atoms with van der Waals surface area (Å²) in [5, 5.41) is 2.53. The minimum Gasteiger partial charge on any atom is -0.486 e. The Morgan fingerprint density at radius 2 is 1.52 bits per heavy atom. The van der Waals surface area contributed by atoms with Crippen molar-refractivity contribution in [2.45, 2.75) is 30.8 Å². The van der Waals surface area contributed by atoms with Gasteiger partial charge in [-0.1, -0.05) is 19.1 Å². The van der Waals surface area contributed by atoms with E-state index >= 15 is 0 Å². The van der Waals surface area contributed by atoms with Crippen molar-refractivity contribution in [1.29, 1.82) is 0 Å². The van der Waals surface area contributed by atoms with E-state index in [9.17, 15) is 26.8 Å². The SMILES string of the molecule is CCC(C(=O)NC)N(Cc1ccc(F)cc1)C(=O)CN(c1ccc(F)cc1)S(=O)(=O)c1ccc2c(c1)OCCO2. The molecule has 1 heterocycles. The fourth-order valence-electron chi connectivity index (χ4n) is 4.32. The molecule has 0 spiro atoms. The van der Waals surface area contributed by atoms with Crippen LogP contribution in [0.1, 0.15) is 18.9 Å². The molecule has 1 unspecified atom stereocenters. The van der Waals surface area contributed by atoms with Crippen LogP contribution in [0.25, 0.3) is 0 Å². The summed E-state index contributed by atoms with van der Waals surface area (Å²) in [5.41, 5.74) is 0.583. The van der Waals surface area contributed by atoms with Crippen LogP contribution in [0, 0.1) is 11.6 Å². The molecule has 2 amide bonds. The van der Waals surface area contributed by atoms with Crippen molar-refractivity contribution in [2.24, 2.45) is 0 Å². The maximum atomic E-state index is 13.9. The molecule has 9 nitrogen and oxygen atoms in total. The number of likely N-dealkylation sites (N-methyl/N-ethyl adjacent to an activating group) is 1. The van der Waals surface area contributed by atoms with Gasteiger partial charge in [0.15, 0.2) is 11.5 Å². The maximum absolute atomic E-state index is 13.9. The predicted octanol–water partition coefficient (Wildman–Crippen LogP) is 3.48. The number of amides is 2. The van der Waals surface area contributed by atoms with Gasteiger partial charge >= 0.3 is 0 Å². The summed E-state index contributed by atoms with van der Waals surface area (Å²) in [6, 6.07) is 13.3. The van der Waals surface area contributed by atoms with Gasteiger partial charge in [0.2, 0.25) is 11.8 Å². The normalized spacial score (nSPS) is 13.3.